The van der Waals surface area contributed by atoms with Crippen molar-refractivity contribution in [3.05, 3.63) is 41.6 Å². The van der Waals surface area contributed by atoms with Crippen LogP contribution in [0.25, 0.3) is 6.08 Å². The van der Waals surface area contributed by atoms with Gasteiger partial charge in [0.1, 0.15) is 5.60 Å². The summed E-state index contributed by atoms with van der Waals surface area (Å²) in [7, 11) is 0. The van der Waals surface area contributed by atoms with Crippen molar-refractivity contribution in [2.24, 2.45) is 0 Å². The van der Waals surface area contributed by atoms with Crippen molar-refractivity contribution < 1.29 is 9.53 Å². The van der Waals surface area contributed by atoms with Gasteiger partial charge in [0.25, 0.3) is 0 Å². The molecule has 0 aliphatic carbocycles. The Morgan fingerprint density at radius 2 is 2.00 bits per heavy atom. The zero-order valence-electron chi connectivity index (χ0n) is 10.4. The molecular weight excluding hydrogens is 214 g/mol. The Kier molecular flexibility index (Phi) is 2.92. The molecule has 1 heterocycles. The van der Waals surface area contributed by atoms with Gasteiger partial charge in [-0.1, -0.05) is 24.3 Å². The van der Waals surface area contributed by atoms with E-state index in [-0.39, 0.29) is 6.09 Å². The van der Waals surface area contributed by atoms with Gasteiger partial charge >= 0.3 is 6.09 Å². The van der Waals surface area contributed by atoms with Crippen molar-refractivity contribution in [2.45, 2.75) is 32.9 Å². The summed E-state index contributed by atoms with van der Waals surface area (Å²) in [6, 6.07) is 8.03. The first-order chi connectivity index (χ1) is 7.96. The van der Waals surface area contributed by atoms with Crippen LogP contribution >= 0.6 is 0 Å². The fourth-order valence-corrected chi connectivity index (χ4v) is 1.69. The maximum Gasteiger partial charge on any atom is 0.414 e. The third-order valence-corrected chi connectivity index (χ3v) is 2.46. The summed E-state index contributed by atoms with van der Waals surface area (Å²) < 4.78 is 5.33. The Morgan fingerprint density at radius 3 is 2.71 bits per heavy atom. The zero-order valence-corrected chi connectivity index (χ0v) is 10.4. The number of benzene rings is 1. The maximum absolute atomic E-state index is 11.9. The Bertz CT molecular complexity index is 458. The van der Waals surface area contributed by atoms with Gasteiger partial charge in [0, 0.05) is 6.20 Å². The first-order valence-corrected chi connectivity index (χ1v) is 5.71. The number of ether oxygens (including phenoxy) is 1. The highest BCUT2D eigenvalue weighted by Crippen LogP contribution is 2.21. The molecule has 1 aromatic carbocycles. The Hall–Kier alpha value is -1.77. The molecule has 1 amide bonds. The van der Waals surface area contributed by atoms with Crippen molar-refractivity contribution in [2.75, 3.05) is 0 Å². The molecule has 0 fully saturated rings. The molecule has 0 spiro atoms. The highest BCUT2D eigenvalue weighted by Gasteiger charge is 2.22. The maximum atomic E-state index is 11.9. The molecular formula is C14H17NO2. The van der Waals surface area contributed by atoms with Gasteiger partial charge in [-0.25, -0.2) is 4.79 Å². The molecule has 90 valence electrons. The van der Waals surface area contributed by atoms with Gasteiger partial charge in [-0.05, 0) is 38.0 Å². The molecule has 1 aliphatic rings. The van der Waals surface area contributed by atoms with Crippen LogP contribution in [0.3, 0.4) is 0 Å². The predicted octanol–water partition coefficient (Wildman–Crippen LogP) is 3.41. The molecule has 3 heteroatoms. The third kappa shape index (κ3) is 2.87. The summed E-state index contributed by atoms with van der Waals surface area (Å²) in [4.78, 5) is 13.5. The standard InChI is InChI=1S/C14H17NO2/c1-14(2,3)17-13(16)15-9-8-11-6-4-5-7-12(11)10-15/h4-9H,10H2,1-3H3. The van der Waals surface area contributed by atoms with E-state index in [4.69, 9.17) is 4.74 Å². The summed E-state index contributed by atoms with van der Waals surface area (Å²) in [5.41, 5.74) is 1.84. The number of nitrogens with zero attached hydrogens (tertiary/aromatic N) is 1. The number of rotatable bonds is 0. The molecule has 0 bridgehead atoms. The highest BCUT2D eigenvalue weighted by molar-refractivity contribution is 5.72. The largest absolute Gasteiger partial charge is 0.443 e. The molecule has 0 saturated carbocycles. The quantitative estimate of drug-likeness (QED) is 0.684. The second kappa shape index (κ2) is 4.24. The minimum atomic E-state index is -0.456. The number of carbonyl (C=O) groups excluding carboxylic acids is 1. The van der Waals surface area contributed by atoms with Crippen LogP contribution in [-0.4, -0.2) is 16.6 Å². The van der Waals surface area contributed by atoms with E-state index >= 15 is 0 Å². The van der Waals surface area contributed by atoms with E-state index in [2.05, 4.69) is 0 Å². The molecule has 0 unspecified atom stereocenters. The lowest BCUT2D eigenvalue weighted by molar-refractivity contribution is 0.0322. The lowest BCUT2D eigenvalue weighted by atomic mass is 10.0. The zero-order chi connectivity index (χ0) is 12.5. The van der Waals surface area contributed by atoms with Crippen LogP contribution in [0.5, 0.6) is 0 Å². The van der Waals surface area contributed by atoms with Crippen LogP contribution in [0, 0.1) is 0 Å². The third-order valence-electron chi connectivity index (χ3n) is 2.46. The molecule has 1 aromatic rings. The van der Waals surface area contributed by atoms with Gasteiger partial charge < -0.3 is 4.74 Å². The van der Waals surface area contributed by atoms with E-state index in [1.165, 1.54) is 0 Å². The first-order valence-electron chi connectivity index (χ1n) is 5.71. The van der Waals surface area contributed by atoms with Crippen LogP contribution in [0.1, 0.15) is 31.9 Å². The SMILES string of the molecule is CC(C)(C)OC(=O)N1C=Cc2ccccc2C1. The monoisotopic (exact) mass is 231 g/mol. The van der Waals surface area contributed by atoms with Gasteiger partial charge in [-0.15, -0.1) is 0 Å². The number of hydrogen-bond acceptors (Lipinski definition) is 2. The van der Waals surface area contributed by atoms with Gasteiger partial charge in [-0.3, -0.25) is 4.90 Å². The second-order valence-electron chi connectivity index (χ2n) is 5.12. The minimum Gasteiger partial charge on any atom is -0.443 e. The van der Waals surface area contributed by atoms with E-state index in [1.807, 2.05) is 51.1 Å². The Morgan fingerprint density at radius 1 is 1.29 bits per heavy atom. The molecule has 0 atom stereocenters. The number of carbonyl (C=O) groups is 1. The predicted molar refractivity (Wildman–Crippen MR) is 67.3 cm³/mol. The van der Waals surface area contributed by atoms with E-state index in [1.54, 1.807) is 11.1 Å². The summed E-state index contributed by atoms with van der Waals surface area (Å²) in [5.74, 6) is 0. The van der Waals surface area contributed by atoms with Gasteiger partial charge in [0.15, 0.2) is 0 Å². The summed E-state index contributed by atoms with van der Waals surface area (Å²) in [5, 5.41) is 0. The highest BCUT2D eigenvalue weighted by atomic mass is 16.6. The minimum absolute atomic E-state index is 0.303. The first kappa shape index (κ1) is 11.7. The average Bonchev–Trinajstić information content (AvgIpc) is 2.26. The fraction of sp³-hybridized carbons (Fsp3) is 0.357. The molecule has 3 nitrogen and oxygen atoms in total. The van der Waals surface area contributed by atoms with Gasteiger partial charge in [0.05, 0.1) is 6.54 Å². The molecule has 0 radical (unpaired) electrons. The van der Waals surface area contributed by atoms with E-state index < -0.39 is 5.60 Å². The Labute approximate surface area is 102 Å². The Balaban J connectivity index is 2.11. The molecule has 0 saturated heterocycles. The van der Waals surface area contributed by atoms with Crippen molar-refractivity contribution in [1.82, 2.24) is 4.90 Å². The molecule has 2 rings (SSSR count). The van der Waals surface area contributed by atoms with Crippen LogP contribution in [0.4, 0.5) is 4.79 Å². The second-order valence-corrected chi connectivity index (χ2v) is 5.12. The van der Waals surface area contributed by atoms with E-state index in [0.717, 1.165) is 11.1 Å². The van der Waals surface area contributed by atoms with Crippen molar-refractivity contribution in [1.29, 1.82) is 0 Å². The smallest absolute Gasteiger partial charge is 0.414 e. The average molecular weight is 231 g/mol. The van der Waals surface area contributed by atoms with Crippen LogP contribution < -0.4 is 0 Å². The number of fused-ring (bicyclic) bond motifs is 1. The van der Waals surface area contributed by atoms with E-state index in [0.29, 0.717) is 6.54 Å². The van der Waals surface area contributed by atoms with Crippen LogP contribution in [0.2, 0.25) is 0 Å². The van der Waals surface area contributed by atoms with E-state index in [9.17, 15) is 4.79 Å². The van der Waals surface area contributed by atoms with Gasteiger partial charge in [0.2, 0.25) is 0 Å². The summed E-state index contributed by atoms with van der Waals surface area (Å²) in [6.07, 6.45) is 3.40. The summed E-state index contributed by atoms with van der Waals surface area (Å²) >= 11 is 0. The number of hydrogen-bond donors (Lipinski definition) is 0. The molecule has 1 aliphatic heterocycles. The molecule has 17 heavy (non-hydrogen) atoms. The van der Waals surface area contributed by atoms with Gasteiger partial charge in [-0.2, -0.15) is 0 Å². The van der Waals surface area contributed by atoms with Crippen molar-refractivity contribution >= 4 is 12.2 Å². The van der Waals surface area contributed by atoms with Crippen LogP contribution in [-0.2, 0) is 11.3 Å². The molecule has 0 N–H and O–H groups in total. The fourth-order valence-electron chi connectivity index (χ4n) is 1.69. The van der Waals surface area contributed by atoms with Crippen LogP contribution in [0.15, 0.2) is 30.5 Å². The van der Waals surface area contributed by atoms with Crippen molar-refractivity contribution in [3.63, 3.8) is 0 Å². The number of amides is 1. The summed E-state index contributed by atoms with van der Waals surface area (Å²) in [6.45, 7) is 6.17. The normalized spacial score (nSPS) is 14.4. The topological polar surface area (TPSA) is 29.5 Å². The lowest BCUT2D eigenvalue weighted by Gasteiger charge is -2.27. The lowest BCUT2D eigenvalue weighted by Crippen LogP contribution is -2.34. The van der Waals surface area contributed by atoms with Crippen molar-refractivity contribution in [3.8, 4) is 0 Å². The molecule has 0 aromatic heterocycles.